The summed E-state index contributed by atoms with van der Waals surface area (Å²) >= 11 is 0. The number of hydrogen-bond acceptors (Lipinski definition) is 7. The van der Waals surface area contributed by atoms with Gasteiger partial charge in [0.25, 0.3) is 5.79 Å². The zero-order valence-electron chi connectivity index (χ0n) is 16.1. The average molecular weight is 383 g/mol. The van der Waals surface area contributed by atoms with E-state index < -0.39 is 17.7 Å². The van der Waals surface area contributed by atoms with Gasteiger partial charge < -0.3 is 24.3 Å². The first kappa shape index (κ1) is 19.3. The summed E-state index contributed by atoms with van der Waals surface area (Å²) in [6.45, 7) is 3.00. The van der Waals surface area contributed by atoms with Crippen molar-refractivity contribution in [2.24, 2.45) is 0 Å². The van der Waals surface area contributed by atoms with Crippen LogP contribution in [-0.2, 0) is 19.1 Å². The van der Waals surface area contributed by atoms with Crippen LogP contribution < -0.4 is 14.8 Å². The zero-order valence-corrected chi connectivity index (χ0v) is 16.1. The van der Waals surface area contributed by atoms with Crippen LogP contribution in [0.25, 0.3) is 11.1 Å². The molecule has 0 atom stereocenters. The topological polar surface area (TPSA) is 83.1 Å². The van der Waals surface area contributed by atoms with Gasteiger partial charge in [0.15, 0.2) is 5.57 Å². The Bertz CT molecular complexity index is 908. The van der Waals surface area contributed by atoms with Gasteiger partial charge in [-0.15, -0.1) is 0 Å². The van der Waals surface area contributed by atoms with Crippen LogP contribution in [0.15, 0.2) is 54.2 Å². The van der Waals surface area contributed by atoms with Crippen molar-refractivity contribution in [3.63, 3.8) is 0 Å². The van der Waals surface area contributed by atoms with Crippen LogP contribution in [0.2, 0.25) is 0 Å². The summed E-state index contributed by atoms with van der Waals surface area (Å²) in [6, 6.07) is 13.0. The standard InChI is InChI=1S/C21H21NO6/c1-21(2)27-19(23)17(20(24)28-21)12-22-14-7-5-13(6-8-14)16-10-9-15(25-3)11-18(16)26-4/h5-12,22H,1-4H3. The molecule has 0 spiro atoms. The number of benzene rings is 2. The molecular formula is C21H21NO6. The summed E-state index contributed by atoms with van der Waals surface area (Å²) in [7, 11) is 3.20. The lowest BCUT2D eigenvalue weighted by Crippen LogP contribution is -2.42. The minimum Gasteiger partial charge on any atom is -0.497 e. The number of anilines is 1. The fourth-order valence-electron chi connectivity index (χ4n) is 2.72. The SMILES string of the molecule is COc1ccc(-c2ccc(NC=C3C(=O)OC(C)(C)OC3=O)cc2)c(OC)c1. The predicted molar refractivity (Wildman–Crippen MR) is 103 cm³/mol. The molecule has 0 radical (unpaired) electrons. The molecule has 2 aromatic rings. The first-order valence-electron chi connectivity index (χ1n) is 8.59. The van der Waals surface area contributed by atoms with E-state index in [0.717, 1.165) is 11.1 Å². The van der Waals surface area contributed by atoms with Crippen molar-refractivity contribution >= 4 is 17.6 Å². The van der Waals surface area contributed by atoms with E-state index in [4.69, 9.17) is 18.9 Å². The molecule has 7 heteroatoms. The van der Waals surface area contributed by atoms with Crippen LogP contribution >= 0.6 is 0 Å². The van der Waals surface area contributed by atoms with Gasteiger partial charge in [0.2, 0.25) is 0 Å². The minimum absolute atomic E-state index is 0.194. The summed E-state index contributed by atoms with van der Waals surface area (Å²) < 4.78 is 20.8. The summed E-state index contributed by atoms with van der Waals surface area (Å²) in [6.07, 6.45) is 1.28. The lowest BCUT2D eigenvalue weighted by molar-refractivity contribution is -0.222. The second-order valence-corrected chi connectivity index (χ2v) is 6.52. The van der Waals surface area contributed by atoms with Crippen LogP contribution in [0.5, 0.6) is 11.5 Å². The first-order chi connectivity index (χ1) is 13.3. The molecule has 2 aromatic carbocycles. The van der Waals surface area contributed by atoms with Crippen LogP contribution in [0, 0.1) is 0 Å². The molecule has 7 nitrogen and oxygen atoms in total. The molecule has 1 fully saturated rings. The highest BCUT2D eigenvalue weighted by Crippen LogP contribution is 2.33. The maximum atomic E-state index is 11.9. The molecule has 0 aliphatic carbocycles. The van der Waals surface area contributed by atoms with Crippen LogP contribution in [0.1, 0.15) is 13.8 Å². The maximum absolute atomic E-state index is 11.9. The molecule has 1 aliphatic rings. The molecule has 0 aromatic heterocycles. The highest BCUT2D eigenvalue weighted by atomic mass is 16.7. The number of carbonyl (C=O) groups is 2. The molecular weight excluding hydrogens is 362 g/mol. The number of esters is 2. The van der Waals surface area contributed by atoms with Crippen LogP contribution in [0.4, 0.5) is 5.69 Å². The quantitative estimate of drug-likeness (QED) is 0.481. The number of ether oxygens (including phenoxy) is 4. The van der Waals surface area contributed by atoms with Gasteiger partial charge in [-0.3, -0.25) is 0 Å². The number of cyclic esters (lactones) is 2. The van der Waals surface area contributed by atoms with Gasteiger partial charge in [0.1, 0.15) is 11.5 Å². The summed E-state index contributed by atoms with van der Waals surface area (Å²) in [5.74, 6) is -1.32. The molecule has 1 saturated heterocycles. The van der Waals surface area contributed by atoms with Crippen molar-refractivity contribution in [3.8, 4) is 22.6 Å². The zero-order chi connectivity index (χ0) is 20.3. The number of carbonyl (C=O) groups excluding carboxylic acids is 2. The van der Waals surface area contributed by atoms with Crippen molar-refractivity contribution in [2.75, 3.05) is 19.5 Å². The molecule has 28 heavy (non-hydrogen) atoms. The Labute approximate surface area is 162 Å². The monoisotopic (exact) mass is 383 g/mol. The van der Waals surface area contributed by atoms with Gasteiger partial charge in [-0.2, -0.15) is 0 Å². The van der Waals surface area contributed by atoms with E-state index in [0.29, 0.717) is 17.2 Å². The van der Waals surface area contributed by atoms with Crippen molar-refractivity contribution in [1.82, 2.24) is 0 Å². The Hall–Kier alpha value is -3.48. The minimum atomic E-state index is -1.26. The lowest BCUT2D eigenvalue weighted by atomic mass is 10.0. The summed E-state index contributed by atoms with van der Waals surface area (Å²) in [4.78, 5) is 23.9. The Morgan fingerprint density at radius 1 is 0.929 bits per heavy atom. The van der Waals surface area contributed by atoms with E-state index in [-0.39, 0.29) is 5.57 Å². The van der Waals surface area contributed by atoms with Crippen molar-refractivity contribution < 1.29 is 28.5 Å². The smallest absolute Gasteiger partial charge is 0.350 e. The van der Waals surface area contributed by atoms with Crippen molar-refractivity contribution in [2.45, 2.75) is 19.6 Å². The maximum Gasteiger partial charge on any atom is 0.350 e. The highest BCUT2D eigenvalue weighted by molar-refractivity contribution is 6.15. The van der Waals surface area contributed by atoms with Crippen LogP contribution in [-0.4, -0.2) is 31.9 Å². The van der Waals surface area contributed by atoms with Gasteiger partial charge in [-0.25, -0.2) is 9.59 Å². The molecule has 1 N–H and O–H groups in total. The third-order valence-corrected chi connectivity index (χ3v) is 4.10. The Kier molecular flexibility index (Phi) is 5.26. The van der Waals surface area contributed by atoms with E-state index in [1.807, 2.05) is 42.5 Å². The molecule has 1 heterocycles. The molecule has 146 valence electrons. The average Bonchev–Trinajstić information content (AvgIpc) is 2.66. The second-order valence-electron chi connectivity index (χ2n) is 6.52. The molecule has 0 amide bonds. The molecule has 0 bridgehead atoms. The number of hydrogen-bond donors (Lipinski definition) is 1. The first-order valence-corrected chi connectivity index (χ1v) is 8.59. The number of methoxy groups -OCH3 is 2. The normalized spacial score (nSPS) is 15.4. The molecule has 0 unspecified atom stereocenters. The van der Waals surface area contributed by atoms with E-state index >= 15 is 0 Å². The molecule has 3 rings (SSSR count). The molecule has 1 aliphatic heterocycles. The number of nitrogens with one attached hydrogen (secondary N) is 1. The third kappa shape index (κ3) is 4.09. The van der Waals surface area contributed by atoms with E-state index in [2.05, 4.69) is 5.32 Å². The second kappa shape index (κ2) is 7.64. The highest BCUT2D eigenvalue weighted by Gasteiger charge is 2.38. The van der Waals surface area contributed by atoms with E-state index in [1.165, 1.54) is 20.0 Å². The Balaban J connectivity index is 1.77. The largest absolute Gasteiger partial charge is 0.497 e. The third-order valence-electron chi connectivity index (χ3n) is 4.10. The van der Waals surface area contributed by atoms with Gasteiger partial charge in [-0.05, 0) is 29.8 Å². The Morgan fingerprint density at radius 2 is 1.57 bits per heavy atom. The summed E-state index contributed by atoms with van der Waals surface area (Å²) in [5.41, 5.74) is 2.35. The molecule has 0 saturated carbocycles. The van der Waals surface area contributed by atoms with E-state index in [9.17, 15) is 9.59 Å². The van der Waals surface area contributed by atoms with Gasteiger partial charge >= 0.3 is 11.9 Å². The summed E-state index contributed by atoms with van der Waals surface area (Å²) in [5, 5.41) is 2.91. The Morgan fingerprint density at radius 3 is 2.14 bits per heavy atom. The fourth-order valence-corrected chi connectivity index (χ4v) is 2.72. The van der Waals surface area contributed by atoms with Crippen molar-refractivity contribution in [3.05, 3.63) is 54.2 Å². The van der Waals surface area contributed by atoms with Crippen molar-refractivity contribution in [1.29, 1.82) is 0 Å². The lowest BCUT2D eigenvalue weighted by Gasteiger charge is -2.29. The van der Waals surface area contributed by atoms with Gasteiger partial charge in [-0.1, -0.05) is 12.1 Å². The van der Waals surface area contributed by atoms with E-state index in [1.54, 1.807) is 14.2 Å². The predicted octanol–water partition coefficient (Wildman–Crippen LogP) is 3.50. The number of rotatable bonds is 5. The van der Waals surface area contributed by atoms with Gasteiger partial charge in [0, 0.05) is 37.4 Å². The van der Waals surface area contributed by atoms with Crippen LogP contribution in [0.3, 0.4) is 0 Å². The van der Waals surface area contributed by atoms with Gasteiger partial charge in [0.05, 0.1) is 14.2 Å². The fraction of sp³-hybridized carbons (Fsp3) is 0.238.